The van der Waals surface area contributed by atoms with E-state index in [0.717, 1.165) is 6.42 Å². The molecule has 3 N–H and O–H groups in total. The molecule has 1 aromatic rings. The first-order valence-corrected chi connectivity index (χ1v) is 8.45. The van der Waals surface area contributed by atoms with Gasteiger partial charge in [0.05, 0.1) is 18.9 Å². The molecular weight excluding hydrogens is 316 g/mol. The summed E-state index contributed by atoms with van der Waals surface area (Å²) >= 11 is 5.75. The summed E-state index contributed by atoms with van der Waals surface area (Å²) in [6.07, 6.45) is 1.45. The van der Waals surface area contributed by atoms with E-state index >= 15 is 0 Å². The van der Waals surface area contributed by atoms with Gasteiger partial charge in [0, 0.05) is 25.3 Å². The van der Waals surface area contributed by atoms with Crippen LogP contribution in [0.4, 0.5) is 5.69 Å². The van der Waals surface area contributed by atoms with Crippen LogP contribution >= 0.6 is 11.6 Å². The van der Waals surface area contributed by atoms with Crippen molar-refractivity contribution in [2.45, 2.75) is 17.7 Å². The molecule has 1 rings (SSSR count). The molecule has 21 heavy (non-hydrogen) atoms. The third kappa shape index (κ3) is 6.62. The number of nitrogen functional groups attached to an aromatic ring is 1. The Kier molecular flexibility index (Phi) is 7.98. The van der Waals surface area contributed by atoms with Crippen LogP contribution in [-0.4, -0.2) is 41.9 Å². The number of hydrogen-bond donors (Lipinski definition) is 2. The molecule has 0 heterocycles. The maximum Gasteiger partial charge on any atom is 0.242 e. The van der Waals surface area contributed by atoms with Crippen molar-refractivity contribution in [3.8, 4) is 0 Å². The standard InChI is InChI=1S/C13H21ClN2O4S/c1-19-8-9-20-7-3-2-6-16-21(17,18)13-5-4-11(14)10-12(13)15/h4-5,10,16H,2-3,6-9,15H2,1H3. The summed E-state index contributed by atoms with van der Waals surface area (Å²) in [4.78, 5) is 0.0447. The zero-order valence-corrected chi connectivity index (χ0v) is 13.5. The molecule has 0 saturated heterocycles. The molecule has 0 aliphatic heterocycles. The largest absolute Gasteiger partial charge is 0.398 e. The molecule has 0 atom stereocenters. The van der Waals surface area contributed by atoms with Crippen molar-refractivity contribution in [3.63, 3.8) is 0 Å². The van der Waals surface area contributed by atoms with E-state index in [1.165, 1.54) is 18.2 Å². The van der Waals surface area contributed by atoms with Gasteiger partial charge in [-0.1, -0.05) is 11.6 Å². The Morgan fingerprint density at radius 1 is 1.24 bits per heavy atom. The fraction of sp³-hybridized carbons (Fsp3) is 0.538. The van der Waals surface area contributed by atoms with Crippen LogP contribution in [-0.2, 0) is 19.5 Å². The van der Waals surface area contributed by atoms with Gasteiger partial charge in [-0.2, -0.15) is 0 Å². The van der Waals surface area contributed by atoms with Crippen molar-refractivity contribution >= 4 is 27.3 Å². The van der Waals surface area contributed by atoms with Gasteiger partial charge in [-0.05, 0) is 31.0 Å². The van der Waals surface area contributed by atoms with E-state index in [1.54, 1.807) is 7.11 Å². The summed E-state index contributed by atoms with van der Waals surface area (Å²) in [6.45, 7) is 2.01. The number of nitrogens with two attached hydrogens (primary N) is 1. The summed E-state index contributed by atoms with van der Waals surface area (Å²) in [5.41, 5.74) is 5.81. The Balaban J connectivity index is 2.33. The minimum atomic E-state index is -3.60. The number of methoxy groups -OCH3 is 1. The lowest BCUT2D eigenvalue weighted by molar-refractivity contribution is 0.0689. The third-order valence-corrected chi connectivity index (χ3v) is 4.47. The lowest BCUT2D eigenvalue weighted by Gasteiger charge is -2.09. The molecular formula is C13H21ClN2O4S. The zero-order valence-electron chi connectivity index (χ0n) is 12.0. The molecule has 0 saturated carbocycles. The van der Waals surface area contributed by atoms with Crippen molar-refractivity contribution in [3.05, 3.63) is 23.2 Å². The van der Waals surface area contributed by atoms with Crippen LogP contribution in [0.3, 0.4) is 0 Å². The minimum Gasteiger partial charge on any atom is -0.398 e. The van der Waals surface area contributed by atoms with Gasteiger partial charge in [0.15, 0.2) is 0 Å². The van der Waals surface area contributed by atoms with Crippen LogP contribution in [0.5, 0.6) is 0 Å². The summed E-state index contributed by atoms with van der Waals surface area (Å²) in [6, 6.07) is 4.31. The topological polar surface area (TPSA) is 90.6 Å². The highest BCUT2D eigenvalue weighted by molar-refractivity contribution is 7.89. The molecule has 0 amide bonds. The minimum absolute atomic E-state index is 0.0447. The number of halogens is 1. The number of hydrogen-bond acceptors (Lipinski definition) is 5. The molecule has 1 aromatic carbocycles. The van der Waals surface area contributed by atoms with E-state index in [1.807, 2.05) is 0 Å². The van der Waals surface area contributed by atoms with Crippen LogP contribution in [0, 0.1) is 0 Å². The first-order chi connectivity index (χ1) is 9.97. The van der Waals surface area contributed by atoms with E-state index in [2.05, 4.69) is 4.72 Å². The van der Waals surface area contributed by atoms with Crippen LogP contribution in [0.25, 0.3) is 0 Å². The number of unbranched alkanes of at least 4 members (excludes halogenated alkanes) is 1. The molecule has 8 heteroatoms. The van der Waals surface area contributed by atoms with Gasteiger partial charge < -0.3 is 15.2 Å². The van der Waals surface area contributed by atoms with E-state index < -0.39 is 10.0 Å². The maximum atomic E-state index is 12.1. The van der Waals surface area contributed by atoms with Gasteiger partial charge in [-0.15, -0.1) is 0 Å². The highest BCUT2D eigenvalue weighted by atomic mass is 35.5. The number of benzene rings is 1. The van der Waals surface area contributed by atoms with Gasteiger partial charge in [-0.3, -0.25) is 0 Å². The fourth-order valence-electron chi connectivity index (χ4n) is 1.62. The van der Waals surface area contributed by atoms with E-state index in [9.17, 15) is 8.42 Å². The highest BCUT2D eigenvalue weighted by Gasteiger charge is 2.16. The number of rotatable bonds is 10. The molecule has 0 fully saturated rings. The normalized spacial score (nSPS) is 11.7. The van der Waals surface area contributed by atoms with E-state index in [0.29, 0.717) is 37.8 Å². The Hall–Kier alpha value is -0.860. The third-order valence-electron chi connectivity index (χ3n) is 2.70. The number of sulfonamides is 1. The zero-order chi connectivity index (χ0) is 15.7. The number of anilines is 1. The molecule has 0 aliphatic carbocycles. The second kappa shape index (κ2) is 9.22. The van der Waals surface area contributed by atoms with Crippen molar-refractivity contribution in [2.75, 3.05) is 39.2 Å². The molecule has 0 spiro atoms. The monoisotopic (exact) mass is 336 g/mol. The van der Waals surface area contributed by atoms with Crippen molar-refractivity contribution in [1.82, 2.24) is 4.72 Å². The average molecular weight is 337 g/mol. The second-order valence-corrected chi connectivity index (χ2v) is 6.56. The Labute approximate surface area is 130 Å². The molecule has 0 aliphatic rings. The molecule has 0 aromatic heterocycles. The van der Waals surface area contributed by atoms with E-state index in [-0.39, 0.29) is 10.6 Å². The predicted molar refractivity (Wildman–Crippen MR) is 83.0 cm³/mol. The van der Waals surface area contributed by atoms with Gasteiger partial charge in [0.25, 0.3) is 0 Å². The molecule has 0 unspecified atom stereocenters. The van der Waals surface area contributed by atoms with Gasteiger partial charge in [0.1, 0.15) is 4.90 Å². The number of ether oxygens (including phenoxy) is 2. The van der Waals surface area contributed by atoms with Crippen molar-refractivity contribution in [1.29, 1.82) is 0 Å². The Morgan fingerprint density at radius 2 is 2.00 bits per heavy atom. The van der Waals surface area contributed by atoms with E-state index in [4.69, 9.17) is 26.8 Å². The Morgan fingerprint density at radius 3 is 2.67 bits per heavy atom. The quantitative estimate of drug-likeness (QED) is 0.500. The second-order valence-electron chi connectivity index (χ2n) is 4.39. The summed E-state index contributed by atoms with van der Waals surface area (Å²) in [5.74, 6) is 0. The molecule has 0 radical (unpaired) electrons. The van der Waals surface area contributed by atoms with Crippen LogP contribution < -0.4 is 10.5 Å². The fourth-order valence-corrected chi connectivity index (χ4v) is 2.99. The van der Waals surface area contributed by atoms with Gasteiger partial charge in [-0.25, -0.2) is 13.1 Å². The SMILES string of the molecule is COCCOCCCCNS(=O)(=O)c1ccc(Cl)cc1N. The van der Waals surface area contributed by atoms with Gasteiger partial charge in [0.2, 0.25) is 10.0 Å². The van der Waals surface area contributed by atoms with Crippen LogP contribution in [0.2, 0.25) is 5.02 Å². The highest BCUT2D eigenvalue weighted by Crippen LogP contribution is 2.22. The predicted octanol–water partition coefficient (Wildman–Crippen LogP) is 1.64. The van der Waals surface area contributed by atoms with Crippen LogP contribution in [0.1, 0.15) is 12.8 Å². The first kappa shape index (κ1) is 18.2. The lowest BCUT2D eigenvalue weighted by Crippen LogP contribution is -2.25. The number of nitrogens with one attached hydrogen (secondary N) is 1. The van der Waals surface area contributed by atoms with Gasteiger partial charge >= 0.3 is 0 Å². The smallest absolute Gasteiger partial charge is 0.242 e. The average Bonchev–Trinajstić information content (AvgIpc) is 2.41. The lowest BCUT2D eigenvalue weighted by atomic mass is 10.3. The summed E-state index contributed by atoms with van der Waals surface area (Å²) in [5, 5.41) is 0.402. The molecule has 120 valence electrons. The Bertz CT molecular complexity index is 537. The van der Waals surface area contributed by atoms with Crippen molar-refractivity contribution < 1.29 is 17.9 Å². The molecule has 0 bridgehead atoms. The summed E-state index contributed by atoms with van der Waals surface area (Å²) in [7, 11) is -1.99. The summed E-state index contributed by atoms with van der Waals surface area (Å²) < 4.78 is 36.8. The van der Waals surface area contributed by atoms with Crippen LogP contribution in [0.15, 0.2) is 23.1 Å². The molecule has 6 nitrogen and oxygen atoms in total. The maximum absolute atomic E-state index is 12.1. The van der Waals surface area contributed by atoms with Crippen molar-refractivity contribution in [2.24, 2.45) is 0 Å². The first-order valence-electron chi connectivity index (χ1n) is 6.59.